The molecule has 2 aliphatic rings. The molecule has 0 spiro atoms. The number of halogens is 1. The third kappa shape index (κ3) is 3.38. The molecule has 2 aromatic rings. The molecule has 5 nitrogen and oxygen atoms in total. The van der Waals surface area contributed by atoms with E-state index in [9.17, 15) is 14.7 Å². The summed E-state index contributed by atoms with van der Waals surface area (Å²) < 4.78 is 0. The van der Waals surface area contributed by atoms with Gasteiger partial charge in [-0.2, -0.15) is 0 Å². The third-order valence-corrected chi connectivity index (χ3v) is 5.83. The first-order valence-electron chi connectivity index (χ1n) is 9.14. The minimum absolute atomic E-state index is 0.217. The van der Waals surface area contributed by atoms with E-state index in [0.717, 1.165) is 5.56 Å². The molecule has 1 saturated heterocycles. The van der Waals surface area contributed by atoms with Gasteiger partial charge in [0, 0.05) is 31.2 Å². The normalized spacial score (nSPS) is 19.4. The number of likely N-dealkylation sites (tertiary alicyclic amines) is 1. The van der Waals surface area contributed by atoms with E-state index in [2.05, 4.69) is 4.90 Å². The van der Waals surface area contributed by atoms with Gasteiger partial charge in [-0.15, -0.1) is 0 Å². The molecule has 140 valence electrons. The van der Waals surface area contributed by atoms with Crippen molar-refractivity contribution in [1.82, 2.24) is 9.80 Å². The van der Waals surface area contributed by atoms with Crippen LogP contribution in [0.4, 0.5) is 0 Å². The summed E-state index contributed by atoms with van der Waals surface area (Å²) in [5.41, 5.74) is 1.000. The summed E-state index contributed by atoms with van der Waals surface area (Å²) in [6.07, 6.45) is 1.22. The molecule has 0 radical (unpaired) electrons. The molecule has 0 atom stereocenters. The predicted molar refractivity (Wildman–Crippen MR) is 103 cm³/mol. The minimum atomic E-state index is -0.851. The van der Waals surface area contributed by atoms with Gasteiger partial charge in [0.25, 0.3) is 11.8 Å². The van der Waals surface area contributed by atoms with Crippen molar-refractivity contribution >= 4 is 23.4 Å². The van der Waals surface area contributed by atoms with Gasteiger partial charge in [0.05, 0.1) is 16.7 Å². The van der Waals surface area contributed by atoms with Crippen LogP contribution in [0.3, 0.4) is 0 Å². The summed E-state index contributed by atoms with van der Waals surface area (Å²) in [6, 6.07) is 14.3. The molecule has 2 heterocycles. The first kappa shape index (κ1) is 18.2. The molecule has 0 bridgehead atoms. The van der Waals surface area contributed by atoms with Crippen molar-refractivity contribution < 1.29 is 14.7 Å². The van der Waals surface area contributed by atoms with Crippen LogP contribution in [-0.4, -0.2) is 52.9 Å². The number of aliphatic hydroxyl groups is 1. The van der Waals surface area contributed by atoms with E-state index in [-0.39, 0.29) is 11.8 Å². The van der Waals surface area contributed by atoms with Crippen LogP contribution in [0.15, 0.2) is 48.5 Å². The second-order valence-electron chi connectivity index (χ2n) is 7.19. The van der Waals surface area contributed by atoms with Gasteiger partial charge in [-0.05, 0) is 42.7 Å². The molecular weight excluding hydrogens is 364 g/mol. The highest BCUT2D eigenvalue weighted by molar-refractivity contribution is 6.30. The van der Waals surface area contributed by atoms with Gasteiger partial charge in [-0.1, -0.05) is 35.9 Å². The van der Waals surface area contributed by atoms with E-state index in [1.165, 1.54) is 4.90 Å². The zero-order valence-corrected chi connectivity index (χ0v) is 15.7. The Morgan fingerprint density at radius 1 is 0.889 bits per heavy atom. The standard InChI is InChI=1S/C21H21ClN2O3/c22-16-7-5-15(6-8-16)21(27)9-11-23(12-10-21)13-14-24-19(25)17-3-1-2-4-18(17)20(24)26/h1-8,27H,9-14H2. The highest BCUT2D eigenvalue weighted by atomic mass is 35.5. The van der Waals surface area contributed by atoms with E-state index in [0.29, 0.717) is 55.2 Å². The fraction of sp³-hybridized carbons (Fsp3) is 0.333. The van der Waals surface area contributed by atoms with Crippen molar-refractivity contribution in [2.45, 2.75) is 18.4 Å². The van der Waals surface area contributed by atoms with Gasteiger partial charge in [0.2, 0.25) is 0 Å². The van der Waals surface area contributed by atoms with Crippen LogP contribution in [0.1, 0.15) is 39.1 Å². The number of carbonyl (C=O) groups is 2. The number of rotatable bonds is 4. The number of piperidine rings is 1. The average molecular weight is 385 g/mol. The Morgan fingerprint density at radius 2 is 1.44 bits per heavy atom. The topological polar surface area (TPSA) is 60.9 Å². The summed E-state index contributed by atoms with van der Waals surface area (Å²) in [4.78, 5) is 28.4. The Labute approximate surface area is 163 Å². The van der Waals surface area contributed by atoms with Crippen LogP contribution in [0, 0.1) is 0 Å². The second-order valence-corrected chi connectivity index (χ2v) is 7.62. The summed E-state index contributed by atoms with van der Waals surface area (Å²) in [6.45, 7) is 2.40. The maximum Gasteiger partial charge on any atom is 0.261 e. The predicted octanol–water partition coefficient (Wildman–Crippen LogP) is 2.92. The van der Waals surface area contributed by atoms with E-state index in [1.807, 2.05) is 12.1 Å². The number of hydrogen-bond donors (Lipinski definition) is 1. The molecule has 2 aromatic carbocycles. The van der Waals surface area contributed by atoms with Crippen molar-refractivity contribution in [3.63, 3.8) is 0 Å². The molecule has 6 heteroatoms. The van der Waals surface area contributed by atoms with Crippen LogP contribution in [0.25, 0.3) is 0 Å². The smallest absolute Gasteiger partial charge is 0.261 e. The summed E-state index contributed by atoms with van der Waals surface area (Å²) >= 11 is 5.93. The van der Waals surface area contributed by atoms with Crippen LogP contribution < -0.4 is 0 Å². The molecule has 1 N–H and O–H groups in total. The van der Waals surface area contributed by atoms with Gasteiger partial charge in [-0.25, -0.2) is 0 Å². The van der Waals surface area contributed by atoms with Gasteiger partial charge in [-0.3, -0.25) is 14.5 Å². The molecule has 1 fully saturated rings. The van der Waals surface area contributed by atoms with Crippen LogP contribution in [0.2, 0.25) is 5.02 Å². The van der Waals surface area contributed by atoms with E-state index < -0.39 is 5.60 Å². The van der Waals surface area contributed by atoms with Crippen molar-refractivity contribution in [3.8, 4) is 0 Å². The van der Waals surface area contributed by atoms with Crippen molar-refractivity contribution in [2.75, 3.05) is 26.2 Å². The lowest BCUT2D eigenvalue weighted by Gasteiger charge is -2.39. The van der Waals surface area contributed by atoms with Crippen LogP contribution in [0.5, 0.6) is 0 Å². The van der Waals surface area contributed by atoms with Crippen molar-refractivity contribution in [2.24, 2.45) is 0 Å². The number of imide groups is 1. The van der Waals surface area contributed by atoms with Crippen LogP contribution >= 0.6 is 11.6 Å². The molecule has 2 amide bonds. The highest BCUT2D eigenvalue weighted by Gasteiger charge is 2.37. The minimum Gasteiger partial charge on any atom is -0.385 e. The van der Waals surface area contributed by atoms with E-state index in [1.54, 1.807) is 36.4 Å². The molecule has 0 unspecified atom stereocenters. The number of benzene rings is 2. The fourth-order valence-corrected chi connectivity index (χ4v) is 4.00. The average Bonchev–Trinajstić information content (AvgIpc) is 2.93. The number of amides is 2. The number of nitrogens with zero attached hydrogens (tertiary/aromatic N) is 2. The lowest BCUT2D eigenvalue weighted by molar-refractivity contribution is -0.0267. The largest absolute Gasteiger partial charge is 0.385 e. The Morgan fingerprint density at radius 3 is 2.00 bits per heavy atom. The Bertz CT molecular complexity index is 838. The molecule has 0 saturated carbocycles. The Kier molecular flexibility index (Phi) is 4.76. The van der Waals surface area contributed by atoms with Gasteiger partial charge in [0.15, 0.2) is 0 Å². The summed E-state index contributed by atoms with van der Waals surface area (Å²) in [7, 11) is 0. The molecule has 0 aromatic heterocycles. The van der Waals surface area contributed by atoms with Crippen molar-refractivity contribution in [3.05, 3.63) is 70.2 Å². The quantitative estimate of drug-likeness (QED) is 0.823. The Hall–Kier alpha value is -2.21. The molecular formula is C21H21ClN2O3. The van der Waals surface area contributed by atoms with Crippen LogP contribution in [-0.2, 0) is 5.60 Å². The summed E-state index contributed by atoms with van der Waals surface area (Å²) in [5, 5.41) is 11.6. The van der Waals surface area contributed by atoms with Gasteiger partial charge in [0.1, 0.15) is 0 Å². The molecule has 2 aliphatic heterocycles. The third-order valence-electron chi connectivity index (χ3n) is 5.58. The monoisotopic (exact) mass is 384 g/mol. The molecule has 4 rings (SSSR count). The van der Waals surface area contributed by atoms with E-state index in [4.69, 9.17) is 11.6 Å². The highest BCUT2D eigenvalue weighted by Crippen LogP contribution is 2.33. The lowest BCUT2D eigenvalue weighted by Crippen LogP contribution is -2.46. The zero-order chi connectivity index (χ0) is 19.0. The number of carbonyl (C=O) groups excluding carboxylic acids is 2. The fourth-order valence-electron chi connectivity index (χ4n) is 3.88. The maximum absolute atomic E-state index is 12.4. The maximum atomic E-state index is 12.4. The zero-order valence-electron chi connectivity index (χ0n) is 14.9. The van der Waals surface area contributed by atoms with Gasteiger partial charge >= 0.3 is 0 Å². The van der Waals surface area contributed by atoms with Gasteiger partial charge < -0.3 is 10.0 Å². The molecule has 0 aliphatic carbocycles. The lowest BCUT2D eigenvalue weighted by atomic mass is 9.84. The Balaban J connectivity index is 1.35. The van der Waals surface area contributed by atoms with E-state index >= 15 is 0 Å². The second kappa shape index (κ2) is 7.08. The SMILES string of the molecule is O=C1c2ccccc2C(=O)N1CCN1CCC(O)(c2ccc(Cl)cc2)CC1. The first-order valence-corrected chi connectivity index (χ1v) is 9.52. The summed E-state index contributed by atoms with van der Waals surface area (Å²) in [5.74, 6) is -0.435. The number of hydrogen-bond acceptors (Lipinski definition) is 4. The number of fused-ring (bicyclic) bond motifs is 1. The van der Waals surface area contributed by atoms with Crippen molar-refractivity contribution in [1.29, 1.82) is 0 Å². The molecule has 27 heavy (non-hydrogen) atoms. The first-order chi connectivity index (χ1) is 13.0.